The van der Waals surface area contributed by atoms with E-state index in [1.54, 1.807) is 7.11 Å². The normalized spacial score (nSPS) is 14.5. The number of hydrogen-bond donors (Lipinski definition) is 1. The van der Waals surface area contributed by atoms with Crippen molar-refractivity contribution in [2.45, 2.75) is 38.6 Å². The van der Waals surface area contributed by atoms with Crippen molar-refractivity contribution in [3.63, 3.8) is 0 Å². The van der Waals surface area contributed by atoms with Crippen molar-refractivity contribution < 1.29 is 14.6 Å². The summed E-state index contributed by atoms with van der Waals surface area (Å²) < 4.78 is 10.7. The number of rotatable bonds is 8. The summed E-state index contributed by atoms with van der Waals surface area (Å²) in [4.78, 5) is 0. The topological polar surface area (TPSA) is 38.7 Å². The number of aliphatic hydroxyl groups excluding tert-OH is 1. The highest BCUT2D eigenvalue weighted by atomic mass is 16.5. The van der Waals surface area contributed by atoms with Gasteiger partial charge >= 0.3 is 0 Å². The molecule has 0 aliphatic rings. The van der Waals surface area contributed by atoms with Crippen molar-refractivity contribution in [3.05, 3.63) is 35.9 Å². The SMILES string of the molecule is CCC[C@H](OC)[C@H](O)COCc1ccccc1. The summed E-state index contributed by atoms with van der Waals surface area (Å²) in [6, 6.07) is 9.94. The van der Waals surface area contributed by atoms with E-state index in [0.29, 0.717) is 13.2 Å². The molecule has 0 amide bonds. The van der Waals surface area contributed by atoms with E-state index in [2.05, 4.69) is 6.92 Å². The smallest absolute Gasteiger partial charge is 0.103 e. The fraction of sp³-hybridized carbons (Fsp3) is 0.571. The Balaban J connectivity index is 2.25. The van der Waals surface area contributed by atoms with Crippen molar-refractivity contribution in [2.24, 2.45) is 0 Å². The molecule has 0 aromatic heterocycles. The van der Waals surface area contributed by atoms with E-state index in [9.17, 15) is 5.11 Å². The fourth-order valence-electron chi connectivity index (χ4n) is 1.73. The van der Waals surface area contributed by atoms with E-state index >= 15 is 0 Å². The predicted molar refractivity (Wildman–Crippen MR) is 67.8 cm³/mol. The zero-order valence-corrected chi connectivity index (χ0v) is 10.6. The first-order chi connectivity index (χ1) is 8.27. The first-order valence-corrected chi connectivity index (χ1v) is 6.10. The van der Waals surface area contributed by atoms with Crippen molar-refractivity contribution in [1.82, 2.24) is 0 Å². The molecule has 1 aromatic carbocycles. The van der Waals surface area contributed by atoms with Crippen LogP contribution in [0.5, 0.6) is 0 Å². The number of ether oxygens (including phenoxy) is 2. The minimum atomic E-state index is -0.552. The van der Waals surface area contributed by atoms with Gasteiger partial charge in [0, 0.05) is 7.11 Å². The van der Waals surface area contributed by atoms with E-state index < -0.39 is 6.10 Å². The Bertz CT molecular complexity index is 287. The van der Waals surface area contributed by atoms with Crippen LogP contribution < -0.4 is 0 Å². The van der Waals surface area contributed by atoms with Crippen LogP contribution in [0, 0.1) is 0 Å². The molecule has 0 saturated heterocycles. The molecule has 3 nitrogen and oxygen atoms in total. The second-order valence-corrected chi connectivity index (χ2v) is 4.13. The Morgan fingerprint density at radius 1 is 1.24 bits per heavy atom. The van der Waals surface area contributed by atoms with E-state index in [4.69, 9.17) is 9.47 Å². The van der Waals surface area contributed by atoms with Crippen LogP contribution in [0.3, 0.4) is 0 Å². The maximum absolute atomic E-state index is 9.87. The molecule has 1 N–H and O–H groups in total. The molecular weight excluding hydrogens is 216 g/mol. The molecule has 96 valence electrons. The lowest BCUT2D eigenvalue weighted by Gasteiger charge is -2.20. The average molecular weight is 238 g/mol. The van der Waals surface area contributed by atoms with Gasteiger partial charge < -0.3 is 14.6 Å². The van der Waals surface area contributed by atoms with Crippen molar-refractivity contribution in [3.8, 4) is 0 Å². The Morgan fingerprint density at radius 2 is 1.94 bits per heavy atom. The van der Waals surface area contributed by atoms with Crippen LogP contribution in [-0.4, -0.2) is 31.0 Å². The molecule has 0 aliphatic heterocycles. The molecule has 1 rings (SSSR count). The van der Waals surface area contributed by atoms with Crippen molar-refractivity contribution >= 4 is 0 Å². The highest BCUT2D eigenvalue weighted by molar-refractivity contribution is 5.13. The Labute approximate surface area is 103 Å². The zero-order chi connectivity index (χ0) is 12.5. The molecule has 0 bridgehead atoms. The van der Waals surface area contributed by atoms with Gasteiger partial charge in [-0.3, -0.25) is 0 Å². The number of hydrogen-bond acceptors (Lipinski definition) is 3. The third kappa shape index (κ3) is 5.31. The summed E-state index contributed by atoms with van der Waals surface area (Å²) in [5, 5.41) is 9.87. The van der Waals surface area contributed by atoms with E-state index in [-0.39, 0.29) is 6.10 Å². The minimum Gasteiger partial charge on any atom is -0.388 e. The van der Waals surface area contributed by atoms with Crippen LogP contribution in [-0.2, 0) is 16.1 Å². The summed E-state index contributed by atoms with van der Waals surface area (Å²) in [5.74, 6) is 0. The van der Waals surface area contributed by atoms with Crippen LogP contribution in [0.1, 0.15) is 25.3 Å². The predicted octanol–water partition coefficient (Wildman–Crippen LogP) is 2.38. The first kappa shape index (κ1) is 14.2. The first-order valence-electron chi connectivity index (χ1n) is 6.10. The lowest BCUT2D eigenvalue weighted by molar-refractivity contribution is -0.0620. The highest BCUT2D eigenvalue weighted by Gasteiger charge is 2.17. The monoisotopic (exact) mass is 238 g/mol. The maximum atomic E-state index is 9.87. The molecule has 17 heavy (non-hydrogen) atoms. The van der Waals surface area contributed by atoms with Gasteiger partial charge in [0.15, 0.2) is 0 Å². The molecule has 0 unspecified atom stereocenters. The third-order valence-electron chi connectivity index (χ3n) is 2.71. The Morgan fingerprint density at radius 3 is 2.53 bits per heavy atom. The number of benzene rings is 1. The summed E-state index contributed by atoms with van der Waals surface area (Å²) in [5.41, 5.74) is 1.11. The lowest BCUT2D eigenvalue weighted by atomic mass is 10.1. The molecule has 0 saturated carbocycles. The average Bonchev–Trinajstić information content (AvgIpc) is 2.37. The summed E-state index contributed by atoms with van der Waals surface area (Å²) >= 11 is 0. The van der Waals surface area contributed by atoms with Gasteiger partial charge in [-0.2, -0.15) is 0 Å². The highest BCUT2D eigenvalue weighted by Crippen LogP contribution is 2.08. The second kappa shape index (κ2) is 8.23. The third-order valence-corrected chi connectivity index (χ3v) is 2.71. The summed E-state index contributed by atoms with van der Waals surface area (Å²) in [7, 11) is 1.63. The van der Waals surface area contributed by atoms with Gasteiger partial charge in [-0.1, -0.05) is 43.7 Å². The van der Waals surface area contributed by atoms with Gasteiger partial charge in [-0.05, 0) is 12.0 Å². The maximum Gasteiger partial charge on any atom is 0.103 e. The molecule has 2 atom stereocenters. The molecule has 0 heterocycles. The summed E-state index contributed by atoms with van der Waals surface area (Å²) in [6.45, 7) is 2.91. The largest absolute Gasteiger partial charge is 0.388 e. The van der Waals surface area contributed by atoms with Gasteiger partial charge in [0.2, 0.25) is 0 Å². The van der Waals surface area contributed by atoms with Gasteiger partial charge in [-0.15, -0.1) is 0 Å². The van der Waals surface area contributed by atoms with Crippen LogP contribution in [0.25, 0.3) is 0 Å². The number of methoxy groups -OCH3 is 1. The van der Waals surface area contributed by atoms with E-state index in [1.807, 2.05) is 30.3 Å². The number of aliphatic hydroxyl groups is 1. The molecule has 0 aliphatic carbocycles. The van der Waals surface area contributed by atoms with Crippen LogP contribution in [0.15, 0.2) is 30.3 Å². The van der Waals surface area contributed by atoms with Gasteiger partial charge in [-0.25, -0.2) is 0 Å². The van der Waals surface area contributed by atoms with Crippen molar-refractivity contribution in [1.29, 1.82) is 0 Å². The van der Waals surface area contributed by atoms with Crippen LogP contribution in [0.2, 0.25) is 0 Å². The zero-order valence-electron chi connectivity index (χ0n) is 10.6. The molecule has 0 spiro atoms. The van der Waals surface area contributed by atoms with Crippen LogP contribution >= 0.6 is 0 Å². The van der Waals surface area contributed by atoms with Crippen LogP contribution in [0.4, 0.5) is 0 Å². The van der Waals surface area contributed by atoms with Gasteiger partial charge in [0.05, 0.1) is 19.3 Å². The minimum absolute atomic E-state index is 0.129. The molecular formula is C14H22O3. The quantitative estimate of drug-likeness (QED) is 0.755. The molecule has 1 aromatic rings. The lowest BCUT2D eigenvalue weighted by Crippen LogP contribution is -2.32. The Kier molecular flexibility index (Phi) is 6.86. The van der Waals surface area contributed by atoms with Gasteiger partial charge in [0.1, 0.15) is 6.10 Å². The van der Waals surface area contributed by atoms with E-state index in [0.717, 1.165) is 18.4 Å². The molecule has 3 heteroatoms. The molecule has 0 fully saturated rings. The fourth-order valence-corrected chi connectivity index (χ4v) is 1.73. The summed E-state index contributed by atoms with van der Waals surface area (Å²) in [6.07, 6.45) is 1.17. The Hall–Kier alpha value is -0.900. The standard InChI is InChI=1S/C14H22O3/c1-3-7-14(16-2)13(15)11-17-10-12-8-5-4-6-9-12/h4-6,8-9,13-15H,3,7,10-11H2,1-2H3/t13-,14+/m1/s1. The second-order valence-electron chi connectivity index (χ2n) is 4.13. The van der Waals surface area contributed by atoms with E-state index in [1.165, 1.54) is 0 Å². The molecule has 0 radical (unpaired) electrons. The van der Waals surface area contributed by atoms with Crippen molar-refractivity contribution in [2.75, 3.05) is 13.7 Å². The van der Waals surface area contributed by atoms with Gasteiger partial charge in [0.25, 0.3) is 0 Å².